The van der Waals surface area contributed by atoms with Crippen LogP contribution >= 0.6 is 7.75 Å². The summed E-state index contributed by atoms with van der Waals surface area (Å²) in [6.07, 6.45) is -0.580. The third-order valence-corrected chi connectivity index (χ3v) is 7.71. The molecule has 4 aromatic rings. The highest BCUT2D eigenvalue weighted by Gasteiger charge is 2.52. The van der Waals surface area contributed by atoms with Gasteiger partial charge in [-0.25, -0.2) is 14.2 Å². The fourth-order valence-electron chi connectivity index (χ4n) is 5.09. The van der Waals surface area contributed by atoms with Crippen LogP contribution in [0.25, 0.3) is 11.1 Å². The number of esters is 1. The van der Waals surface area contributed by atoms with Crippen molar-refractivity contribution in [3.63, 3.8) is 0 Å². The van der Waals surface area contributed by atoms with Gasteiger partial charge >= 0.3 is 19.7 Å². The Bertz CT molecular complexity index is 1560. The van der Waals surface area contributed by atoms with E-state index in [9.17, 15) is 29.0 Å². The summed E-state index contributed by atoms with van der Waals surface area (Å²) < 4.78 is 23.3. The first-order chi connectivity index (χ1) is 19.7. The Balaban J connectivity index is 1.36. The average molecular weight is 574 g/mol. The summed E-state index contributed by atoms with van der Waals surface area (Å²) >= 11 is 0. The van der Waals surface area contributed by atoms with Crippen LogP contribution < -0.4 is 9.82 Å². The van der Waals surface area contributed by atoms with Crippen LogP contribution in [-0.4, -0.2) is 39.0 Å². The molecule has 0 bridgehead atoms. The molecule has 0 saturated heterocycles. The van der Waals surface area contributed by atoms with Crippen LogP contribution in [0.2, 0.25) is 0 Å². The van der Waals surface area contributed by atoms with Gasteiger partial charge in [-0.3, -0.25) is 0 Å². The molecular formula is C31H28NO8P. The highest BCUT2D eigenvalue weighted by molar-refractivity contribution is 7.49. The highest BCUT2D eigenvalue weighted by Crippen LogP contribution is 2.45. The van der Waals surface area contributed by atoms with E-state index < -0.39 is 31.6 Å². The Morgan fingerprint density at radius 1 is 0.780 bits per heavy atom. The predicted molar refractivity (Wildman–Crippen MR) is 151 cm³/mol. The standard InChI is InChI=1S/C31H28NO8P/c33-29(34)31(32-41(36,37)38,18-21-14-16-23(17-15-21)39-19-22-8-2-1-3-9-22)30(35)40-20-28-26-12-6-4-10-24(26)25-11-5-7-13-27(25)28/h1-17,28H,18-20H2,(H,33,34)(H3,32,36,37,38)/t31-/m0/s1. The van der Waals surface area contributed by atoms with E-state index in [1.165, 1.54) is 12.1 Å². The number of carbonyl (C=O) groups excluding carboxylic acids is 1. The van der Waals surface area contributed by atoms with E-state index in [0.717, 1.165) is 27.8 Å². The molecule has 0 spiro atoms. The summed E-state index contributed by atoms with van der Waals surface area (Å²) in [7, 11) is -5.20. The van der Waals surface area contributed by atoms with Crippen molar-refractivity contribution in [3.05, 3.63) is 125 Å². The molecule has 1 atom stereocenters. The number of fused-ring (bicyclic) bond motifs is 3. The van der Waals surface area contributed by atoms with Crippen molar-refractivity contribution in [2.24, 2.45) is 0 Å². The van der Waals surface area contributed by atoms with Crippen LogP contribution in [0.3, 0.4) is 0 Å². The largest absolute Gasteiger partial charge is 0.489 e. The van der Waals surface area contributed by atoms with Crippen LogP contribution in [0.5, 0.6) is 5.75 Å². The molecule has 0 aromatic heterocycles. The smallest absolute Gasteiger partial charge is 0.401 e. The normalized spacial score (nSPS) is 14.0. The second-order valence-electron chi connectivity index (χ2n) is 9.79. The molecule has 0 unspecified atom stereocenters. The summed E-state index contributed by atoms with van der Waals surface area (Å²) in [5.41, 5.74) is 2.33. The van der Waals surface area contributed by atoms with Crippen LogP contribution in [0.1, 0.15) is 28.2 Å². The summed E-state index contributed by atoms with van der Waals surface area (Å²) in [5.74, 6) is -2.95. The summed E-state index contributed by atoms with van der Waals surface area (Å²) in [6.45, 7) is 0.107. The molecule has 5 rings (SSSR count). The number of rotatable bonds is 11. The van der Waals surface area contributed by atoms with Crippen molar-refractivity contribution in [1.29, 1.82) is 0 Å². The fourth-order valence-corrected chi connectivity index (χ4v) is 5.85. The first-order valence-electron chi connectivity index (χ1n) is 12.9. The topological polar surface area (TPSA) is 142 Å². The number of ether oxygens (including phenoxy) is 2. The molecule has 0 fully saturated rings. The molecule has 4 aromatic carbocycles. The first kappa shape index (κ1) is 28.3. The molecule has 0 radical (unpaired) electrons. The molecule has 0 saturated carbocycles. The Morgan fingerprint density at radius 3 is 1.90 bits per heavy atom. The molecule has 9 nitrogen and oxygen atoms in total. The summed E-state index contributed by atoms with van der Waals surface area (Å²) in [5, 5.41) is 11.9. The van der Waals surface area contributed by atoms with Gasteiger partial charge in [0.25, 0.3) is 0 Å². The lowest BCUT2D eigenvalue weighted by Crippen LogP contribution is -2.59. The number of benzene rings is 4. The number of carbonyl (C=O) groups is 2. The van der Waals surface area contributed by atoms with E-state index >= 15 is 0 Å². The molecule has 4 N–H and O–H groups in total. The number of aliphatic carboxylic acids is 1. The maximum Gasteiger partial charge on any atom is 0.401 e. The Hall–Kier alpha value is -4.27. The van der Waals surface area contributed by atoms with E-state index in [2.05, 4.69) is 0 Å². The second kappa shape index (κ2) is 11.7. The molecule has 41 heavy (non-hydrogen) atoms. The van der Waals surface area contributed by atoms with Crippen molar-refractivity contribution < 1.29 is 38.5 Å². The van der Waals surface area contributed by atoms with Crippen LogP contribution in [0.4, 0.5) is 0 Å². The fraction of sp³-hybridized carbons (Fsp3) is 0.161. The summed E-state index contributed by atoms with van der Waals surface area (Å²) in [6, 6.07) is 31.1. The van der Waals surface area contributed by atoms with E-state index in [-0.39, 0.29) is 12.5 Å². The van der Waals surface area contributed by atoms with E-state index in [0.29, 0.717) is 17.9 Å². The maximum absolute atomic E-state index is 13.5. The van der Waals surface area contributed by atoms with Gasteiger partial charge in [0.05, 0.1) is 0 Å². The van der Waals surface area contributed by atoms with Gasteiger partial charge in [0.2, 0.25) is 5.54 Å². The first-order valence-corrected chi connectivity index (χ1v) is 14.5. The lowest BCUT2D eigenvalue weighted by molar-refractivity contribution is -0.162. The number of nitrogens with one attached hydrogen (secondary N) is 1. The zero-order valence-electron chi connectivity index (χ0n) is 21.8. The van der Waals surface area contributed by atoms with Gasteiger partial charge in [-0.2, -0.15) is 5.09 Å². The van der Waals surface area contributed by atoms with Crippen molar-refractivity contribution in [2.75, 3.05) is 6.61 Å². The molecule has 1 aliphatic rings. The van der Waals surface area contributed by atoms with Gasteiger partial charge in [0, 0.05) is 12.3 Å². The molecule has 0 aliphatic heterocycles. The second-order valence-corrected chi connectivity index (χ2v) is 11.1. The maximum atomic E-state index is 13.5. The van der Waals surface area contributed by atoms with Crippen LogP contribution in [0, 0.1) is 0 Å². The SMILES string of the molecule is O=C(O)[C@](Cc1ccc(OCc2ccccc2)cc1)(NP(=O)(O)O)C(=O)OCC1c2ccccc2-c2ccccc21. The van der Waals surface area contributed by atoms with Crippen LogP contribution in [0.15, 0.2) is 103 Å². The average Bonchev–Trinajstić information content (AvgIpc) is 3.28. The Kier molecular flexibility index (Phi) is 8.06. The quantitative estimate of drug-likeness (QED) is 0.114. The zero-order chi connectivity index (χ0) is 29.0. The number of hydrogen-bond donors (Lipinski definition) is 4. The number of carboxylic acids is 1. The van der Waals surface area contributed by atoms with Gasteiger partial charge in [-0.15, -0.1) is 0 Å². The van der Waals surface area contributed by atoms with Gasteiger partial charge in [0.15, 0.2) is 0 Å². The molecule has 0 heterocycles. The molecular weight excluding hydrogens is 545 g/mol. The minimum Gasteiger partial charge on any atom is -0.489 e. The van der Waals surface area contributed by atoms with Crippen molar-refractivity contribution in [2.45, 2.75) is 24.5 Å². The number of carboxylic acid groups (broad SMARTS) is 1. The highest BCUT2D eigenvalue weighted by atomic mass is 31.2. The minimum atomic E-state index is -5.20. The predicted octanol–water partition coefficient (Wildman–Crippen LogP) is 4.67. The molecule has 210 valence electrons. The van der Waals surface area contributed by atoms with Crippen molar-refractivity contribution in [3.8, 4) is 16.9 Å². The van der Waals surface area contributed by atoms with Gasteiger partial charge < -0.3 is 24.4 Å². The third kappa shape index (κ3) is 6.24. The zero-order valence-corrected chi connectivity index (χ0v) is 22.7. The van der Waals surface area contributed by atoms with Gasteiger partial charge in [-0.05, 0) is 45.5 Å². The van der Waals surface area contributed by atoms with E-state index in [4.69, 9.17) is 9.47 Å². The Labute approximate surface area is 236 Å². The lowest BCUT2D eigenvalue weighted by Gasteiger charge is -2.29. The number of hydrogen-bond acceptors (Lipinski definition) is 5. The third-order valence-electron chi connectivity index (χ3n) is 7.03. The van der Waals surface area contributed by atoms with Crippen LogP contribution in [-0.2, 0) is 31.9 Å². The monoisotopic (exact) mass is 573 g/mol. The van der Waals surface area contributed by atoms with Crippen molar-refractivity contribution in [1.82, 2.24) is 5.09 Å². The Morgan fingerprint density at radius 2 is 1.34 bits per heavy atom. The van der Waals surface area contributed by atoms with E-state index in [1.54, 1.807) is 17.2 Å². The summed E-state index contributed by atoms with van der Waals surface area (Å²) in [4.78, 5) is 45.4. The molecule has 10 heteroatoms. The molecule has 0 amide bonds. The van der Waals surface area contributed by atoms with Crippen molar-refractivity contribution >= 4 is 19.7 Å². The minimum absolute atomic E-state index is 0.211. The molecule has 1 aliphatic carbocycles. The lowest BCUT2D eigenvalue weighted by atomic mass is 9.91. The van der Waals surface area contributed by atoms with Gasteiger partial charge in [-0.1, -0.05) is 91.0 Å². The van der Waals surface area contributed by atoms with Gasteiger partial charge in [0.1, 0.15) is 19.0 Å². The van der Waals surface area contributed by atoms with E-state index in [1.807, 2.05) is 78.9 Å².